The number of nitrogens with zero attached hydrogens (tertiary/aromatic N) is 3. The molecule has 2 saturated heterocycles. The lowest BCUT2D eigenvalue weighted by atomic mass is 10.0. The molecule has 6 nitrogen and oxygen atoms in total. The van der Waals surface area contributed by atoms with Crippen LogP contribution in [0.1, 0.15) is 16.8 Å². The molecule has 3 heterocycles. The maximum Gasteiger partial charge on any atom is 0.258 e. The Bertz CT molecular complexity index is 854. The van der Waals surface area contributed by atoms with E-state index in [1.54, 1.807) is 19.3 Å². The summed E-state index contributed by atoms with van der Waals surface area (Å²) in [5.41, 5.74) is 0.488. The summed E-state index contributed by atoms with van der Waals surface area (Å²) in [6.45, 7) is 2.97. The number of benzene rings is 1. The van der Waals surface area contributed by atoms with Crippen molar-refractivity contribution in [1.29, 1.82) is 0 Å². The van der Waals surface area contributed by atoms with Crippen LogP contribution in [-0.4, -0.2) is 63.7 Å². The molecule has 1 amide bonds. The molecule has 0 radical (unpaired) electrons. The summed E-state index contributed by atoms with van der Waals surface area (Å²) in [6.07, 6.45) is 2.22. The predicted octanol–water partition coefficient (Wildman–Crippen LogP) is 0.429. The van der Waals surface area contributed by atoms with E-state index < -0.39 is 0 Å². The first-order valence-corrected chi connectivity index (χ1v) is 8.34. The summed E-state index contributed by atoms with van der Waals surface area (Å²) in [7, 11) is 1.68. The third-order valence-corrected chi connectivity index (χ3v) is 5.18. The van der Waals surface area contributed by atoms with Crippen molar-refractivity contribution in [1.82, 2.24) is 14.4 Å². The third-order valence-electron chi connectivity index (χ3n) is 5.18. The number of aromatic nitrogens is 1. The molecule has 6 heteroatoms. The highest BCUT2D eigenvalue weighted by molar-refractivity contribution is 6.06. The molecule has 126 valence electrons. The number of β-amino-alcohol motifs (C(OH)–C–C–N with tert-alkyl or cyclic N) is 1. The zero-order chi connectivity index (χ0) is 16.8. The summed E-state index contributed by atoms with van der Waals surface area (Å²) in [5.74, 6) is -0.0298. The fourth-order valence-corrected chi connectivity index (χ4v) is 3.71. The van der Waals surface area contributed by atoms with Gasteiger partial charge in [-0.15, -0.1) is 0 Å². The minimum absolute atomic E-state index is 0.0298. The van der Waals surface area contributed by atoms with E-state index in [1.807, 2.05) is 23.1 Å². The Labute approximate surface area is 139 Å². The van der Waals surface area contributed by atoms with Gasteiger partial charge >= 0.3 is 0 Å². The Morgan fingerprint density at radius 3 is 2.54 bits per heavy atom. The van der Waals surface area contributed by atoms with Crippen LogP contribution in [0.5, 0.6) is 0 Å². The number of carbonyl (C=O) groups excluding carboxylic acids is 1. The van der Waals surface area contributed by atoms with Gasteiger partial charge in [0, 0.05) is 56.2 Å². The fraction of sp³-hybridized carbons (Fsp3) is 0.444. The maximum absolute atomic E-state index is 12.9. The lowest BCUT2D eigenvalue weighted by Crippen LogP contribution is -2.60. The van der Waals surface area contributed by atoms with Gasteiger partial charge in [0.05, 0.1) is 11.7 Å². The monoisotopic (exact) mass is 327 g/mol. The largest absolute Gasteiger partial charge is 0.392 e. The van der Waals surface area contributed by atoms with Gasteiger partial charge in [0.1, 0.15) is 0 Å². The second kappa shape index (κ2) is 5.72. The molecule has 2 aliphatic rings. The summed E-state index contributed by atoms with van der Waals surface area (Å²) < 4.78 is 1.48. The van der Waals surface area contributed by atoms with E-state index in [9.17, 15) is 14.7 Å². The first-order chi connectivity index (χ1) is 11.5. The van der Waals surface area contributed by atoms with Gasteiger partial charge in [0.15, 0.2) is 0 Å². The Hall–Kier alpha value is -2.18. The van der Waals surface area contributed by atoms with Gasteiger partial charge in [-0.2, -0.15) is 0 Å². The van der Waals surface area contributed by atoms with E-state index in [0.717, 1.165) is 13.0 Å². The molecule has 0 aliphatic carbocycles. The lowest BCUT2D eigenvalue weighted by Gasteiger charge is -2.44. The number of fused-ring (bicyclic) bond motifs is 1. The predicted molar refractivity (Wildman–Crippen MR) is 91.1 cm³/mol. The van der Waals surface area contributed by atoms with Crippen molar-refractivity contribution >= 4 is 16.7 Å². The number of amides is 1. The van der Waals surface area contributed by atoms with E-state index in [4.69, 9.17) is 0 Å². The number of hydrogen-bond acceptors (Lipinski definition) is 4. The molecule has 24 heavy (non-hydrogen) atoms. The summed E-state index contributed by atoms with van der Waals surface area (Å²) in [4.78, 5) is 29.2. The van der Waals surface area contributed by atoms with E-state index in [1.165, 1.54) is 4.57 Å². The number of likely N-dealkylation sites (tertiary alicyclic amines) is 2. The molecule has 2 aliphatic heterocycles. The molecule has 2 aromatic rings. The highest BCUT2D eigenvalue weighted by Gasteiger charge is 2.38. The van der Waals surface area contributed by atoms with Crippen LogP contribution in [0.4, 0.5) is 0 Å². The number of carbonyl (C=O) groups is 1. The van der Waals surface area contributed by atoms with Gasteiger partial charge in [0.25, 0.3) is 11.5 Å². The highest BCUT2D eigenvalue weighted by atomic mass is 16.3. The van der Waals surface area contributed by atoms with Crippen LogP contribution in [0.3, 0.4) is 0 Å². The molecule has 2 fully saturated rings. The van der Waals surface area contributed by atoms with Crippen molar-refractivity contribution in [3.63, 3.8) is 0 Å². The maximum atomic E-state index is 12.9. The number of rotatable bonds is 2. The summed E-state index contributed by atoms with van der Waals surface area (Å²) in [6, 6.07) is 7.60. The fourth-order valence-electron chi connectivity index (χ4n) is 3.71. The first-order valence-electron chi connectivity index (χ1n) is 8.34. The van der Waals surface area contributed by atoms with Crippen LogP contribution in [0, 0.1) is 0 Å². The average molecular weight is 327 g/mol. The van der Waals surface area contributed by atoms with Crippen LogP contribution in [0.25, 0.3) is 10.8 Å². The van der Waals surface area contributed by atoms with Gasteiger partial charge < -0.3 is 14.6 Å². The van der Waals surface area contributed by atoms with E-state index in [-0.39, 0.29) is 17.6 Å². The van der Waals surface area contributed by atoms with E-state index in [2.05, 4.69) is 4.90 Å². The topological polar surface area (TPSA) is 65.8 Å². The van der Waals surface area contributed by atoms with Gasteiger partial charge in [0.2, 0.25) is 0 Å². The Morgan fingerprint density at radius 1 is 1.17 bits per heavy atom. The lowest BCUT2D eigenvalue weighted by molar-refractivity contribution is 0.0300. The molecular formula is C18H21N3O3. The van der Waals surface area contributed by atoms with Crippen LogP contribution in [-0.2, 0) is 7.05 Å². The van der Waals surface area contributed by atoms with Crippen molar-refractivity contribution in [2.45, 2.75) is 18.6 Å². The first kappa shape index (κ1) is 15.4. The number of aliphatic hydroxyl groups is 1. The number of aryl methyl sites for hydroxylation is 1. The molecule has 1 N–H and O–H groups in total. The molecule has 0 spiro atoms. The number of hydrogen-bond donors (Lipinski definition) is 1. The highest BCUT2D eigenvalue weighted by Crippen LogP contribution is 2.24. The molecule has 0 saturated carbocycles. The van der Waals surface area contributed by atoms with Crippen LogP contribution < -0.4 is 5.56 Å². The van der Waals surface area contributed by atoms with E-state index >= 15 is 0 Å². The Kier molecular flexibility index (Phi) is 3.66. The van der Waals surface area contributed by atoms with Crippen molar-refractivity contribution in [3.05, 3.63) is 46.4 Å². The third kappa shape index (κ3) is 2.42. The zero-order valence-electron chi connectivity index (χ0n) is 13.7. The van der Waals surface area contributed by atoms with E-state index in [0.29, 0.717) is 42.0 Å². The van der Waals surface area contributed by atoms with Crippen LogP contribution >= 0.6 is 0 Å². The van der Waals surface area contributed by atoms with Crippen LogP contribution in [0.15, 0.2) is 35.3 Å². The zero-order valence-corrected chi connectivity index (χ0v) is 13.7. The minimum atomic E-state index is -0.234. The summed E-state index contributed by atoms with van der Waals surface area (Å²) in [5, 5.41) is 10.9. The summed E-state index contributed by atoms with van der Waals surface area (Å²) >= 11 is 0. The molecule has 4 rings (SSSR count). The SMILES string of the molecule is Cn1cc(C(=O)N2CC(N3CC[C@@H](O)C3)C2)c2ccccc2c1=O. The molecule has 0 bridgehead atoms. The van der Waals surface area contributed by atoms with Gasteiger partial charge in [-0.3, -0.25) is 14.5 Å². The molecule has 0 unspecified atom stereocenters. The van der Waals surface area contributed by atoms with Crippen molar-refractivity contribution in [2.24, 2.45) is 7.05 Å². The molecular weight excluding hydrogens is 306 g/mol. The van der Waals surface area contributed by atoms with Crippen LogP contribution in [0.2, 0.25) is 0 Å². The normalized spacial score (nSPS) is 22.1. The molecule has 1 atom stereocenters. The second-order valence-electron chi connectivity index (χ2n) is 6.81. The van der Waals surface area contributed by atoms with Gasteiger partial charge in [-0.1, -0.05) is 18.2 Å². The molecule has 1 aromatic heterocycles. The van der Waals surface area contributed by atoms with Crippen molar-refractivity contribution in [3.8, 4) is 0 Å². The van der Waals surface area contributed by atoms with Gasteiger partial charge in [-0.05, 0) is 12.5 Å². The number of aliphatic hydroxyl groups excluding tert-OH is 1. The van der Waals surface area contributed by atoms with Gasteiger partial charge in [-0.25, -0.2) is 0 Å². The quantitative estimate of drug-likeness (QED) is 0.869. The smallest absolute Gasteiger partial charge is 0.258 e. The Morgan fingerprint density at radius 2 is 1.88 bits per heavy atom. The van der Waals surface area contributed by atoms with Crippen molar-refractivity contribution < 1.29 is 9.90 Å². The molecule has 1 aromatic carbocycles. The van der Waals surface area contributed by atoms with Crippen molar-refractivity contribution in [2.75, 3.05) is 26.2 Å². The standard InChI is InChI=1S/C18H21N3O3/c1-19-11-16(14-4-2-3-5-15(14)17(19)23)18(24)21-8-12(9-21)20-7-6-13(22)10-20/h2-5,11-13,22H,6-10H2,1H3/t13-/m1/s1. The second-order valence-corrected chi connectivity index (χ2v) is 6.81. The Balaban J connectivity index is 1.57. The minimum Gasteiger partial charge on any atom is -0.392 e. The average Bonchev–Trinajstić information content (AvgIpc) is 2.95. The number of pyridine rings is 1.